The third-order valence-electron chi connectivity index (χ3n) is 4.45. The molecule has 3 nitrogen and oxygen atoms in total. The number of pyridine rings is 1. The second kappa shape index (κ2) is 5.66. The van der Waals surface area contributed by atoms with Gasteiger partial charge in [0.15, 0.2) is 5.82 Å². The van der Waals surface area contributed by atoms with Gasteiger partial charge in [0, 0.05) is 24.8 Å². The van der Waals surface area contributed by atoms with E-state index < -0.39 is 5.67 Å². The van der Waals surface area contributed by atoms with Crippen LogP contribution < -0.4 is 10.6 Å². The van der Waals surface area contributed by atoms with E-state index >= 15 is 0 Å². The number of nitrogens with zero attached hydrogens (tertiary/aromatic N) is 2. The molecule has 2 heterocycles. The Balaban J connectivity index is 0.000000774. The molecule has 116 valence electrons. The van der Waals surface area contributed by atoms with Crippen LogP contribution in [-0.2, 0) is 0 Å². The zero-order valence-corrected chi connectivity index (χ0v) is 13.3. The summed E-state index contributed by atoms with van der Waals surface area (Å²) in [6.07, 6.45) is 5.86. The average Bonchev–Trinajstić information content (AvgIpc) is 2.84. The van der Waals surface area contributed by atoms with Gasteiger partial charge in [0.2, 0.25) is 0 Å². The molecule has 1 spiro atoms. The van der Waals surface area contributed by atoms with Crippen molar-refractivity contribution >= 4 is 17.6 Å². The lowest BCUT2D eigenvalue weighted by molar-refractivity contribution is -0.0400. The fourth-order valence-electron chi connectivity index (χ4n) is 3.82. The molecule has 1 aromatic rings. The molecule has 1 saturated carbocycles. The molecule has 2 N–H and O–H groups in total. The first-order valence-corrected chi connectivity index (χ1v) is 7.76. The van der Waals surface area contributed by atoms with Gasteiger partial charge in [-0.2, -0.15) is 0 Å². The fourth-order valence-corrected chi connectivity index (χ4v) is 3.82. The Morgan fingerprint density at radius 3 is 2.67 bits per heavy atom. The van der Waals surface area contributed by atoms with Crippen molar-refractivity contribution in [2.75, 3.05) is 23.7 Å². The van der Waals surface area contributed by atoms with Gasteiger partial charge in [-0.3, -0.25) is 0 Å². The molecule has 1 aliphatic carbocycles. The molecule has 2 aliphatic rings. The number of alkyl halides is 1. The topological polar surface area (TPSA) is 42.2 Å². The number of halogens is 1. The second-order valence-electron chi connectivity index (χ2n) is 6.28. The number of aromatic nitrogens is 1. The first-order chi connectivity index (χ1) is 9.95. The van der Waals surface area contributed by atoms with E-state index in [1.165, 1.54) is 0 Å². The Morgan fingerprint density at radius 2 is 2.10 bits per heavy atom. The summed E-state index contributed by atoms with van der Waals surface area (Å²) in [5.41, 5.74) is 6.88. The van der Waals surface area contributed by atoms with Crippen LogP contribution in [0.25, 0.3) is 6.08 Å². The molecule has 0 radical (unpaired) electrons. The molecule has 1 saturated heterocycles. The number of hydrogen-bond acceptors (Lipinski definition) is 3. The summed E-state index contributed by atoms with van der Waals surface area (Å²) in [5.74, 6) is 0.821. The van der Waals surface area contributed by atoms with E-state index in [1.807, 2.05) is 19.9 Å². The Morgan fingerprint density at radius 1 is 1.43 bits per heavy atom. The van der Waals surface area contributed by atoms with E-state index in [-0.39, 0.29) is 5.41 Å². The summed E-state index contributed by atoms with van der Waals surface area (Å²) in [6, 6.07) is 1.86. The van der Waals surface area contributed by atoms with Gasteiger partial charge < -0.3 is 10.6 Å². The van der Waals surface area contributed by atoms with E-state index in [4.69, 9.17) is 5.73 Å². The highest BCUT2D eigenvalue weighted by molar-refractivity contribution is 5.74. The zero-order chi connectivity index (χ0) is 15.7. The zero-order valence-electron chi connectivity index (χ0n) is 13.3. The number of nitrogens with two attached hydrogens (primary N) is 1. The molecule has 0 unspecified atom stereocenters. The van der Waals surface area contributed by atoms with Crippen molar-refractivity contribution in [3.8, 4) is 0 Å². The molecule has 4 heteroatoms. The Hall–Kier alpha value is -1.58. The van der Waals surface area contributed by atoms with Crippen molar-refractivity contribution in [1.82, 2.24) is 4.98 Å². The highest BCUT2D eigenvalue weighted by atomic mass is 19.1. The summed E-state index contributed by atoms with van der Waals surface area (Å²) < 4.78 is 13.8. The summed E-state index contributed by atoms with van der Waals surface area (Å²) in [7, 11) is 0. The molecule has 0 amide bonds. The molecule has 1 aliphatic heterocycles. The predicted octanol–water partition coefficient (Wildman–Crippen LogP) is 4.05. The number of hydrogen-bond donors (Lipinski definition) is 1. The first-order valence-electron chi connectivity index (χ1n) is 7.76. The number of nitrogen functional groups attached to an aromatic ring is 1. The molecule has 0 atom stereocenters. The molecular formula is C17H26FN3. The minimum atomic E-state index is -0.974. The second-order valence-corrected chi connectivity index (χ2v) is 6.28. The fraction of sp³-hybridized carbons (Fsp3) is 0.588. The van der Waals surface area contributed by atoms with Gasteiger partial charge in [-0.1, -0.05) is 26.5 Å². The van der Waals surface area contributed by atoms with Gasteiger partial charge in [-0.25, -0.2) is 9.37 Å². The highest BCUT2D eigenvalue weighted by Crippen LogP contribution is 2.56. The van der Waals surface area contributed by atoms with E-state index in [9.17, 15) is 4.39 Å². The standard InChI is InChI=1S/C15H20FN3.C2H6/c1-3-11-4-6-18-13(12(11)17)19-7-5-15(10-19)8-14(2,16)9-15;1-2/h3-4,6H,1,5,7-10,17H2,2H3;1-2H3. The lowest BCUT2D eigenvalue weighted by Crippen LogP contribution is -2.48. The van der Waals surface area contributed by atoms with Crippen molar-refractivity contribution in [3.05, 3.63) is 24.4 Å². The van der Waals surface area contributed by atoms with Crippen molar-refractivity contribution in [1.29, 1.82) is 0 Å². The summed E-state index contributed by atoms with van der Waals surface area (Å²) in [6.45, 7) is 11.2. The van der Waals surface area contributed by atoms with Crippen LogP contribution in [0, 0.1) is 5.41 Å². The number of anilines is 2. The highest BCUT2D eigenvalue weighted by Gasteiger charge is 2.55. The summed E-state index contributed by atoms with van der Waals surface area (Å²) in [5, 5.41) is 0. The largest absolute Gasteiger partial charge is 0.395 e. The van der Waals surface area contributed by atoms with Gasteiger partial charge in [0.25, 0.3) is 0 Å². The van der Waals surface area contributed by atoms with Gasteiger partial charge in [-0.15, -0.1) is 0 Å². The number of rotatable bonds is 2. The molecule has 0 bridgehead atoms. The maximum absolute atomic E-state index is 13.8. The Kier molecular flexibility index (Phi) is 4.26. The molecular weight excluding hydrogens is 265 g/mol. The summed E-state index contributed by atoms with van der Waals surface area (Å²) >= 11 is 0. The smallest absolute Gasteiger partial charge is 0.152 e. The maximum Gasteiger partial charge on any atom is 0.152 e. The van der Waals surface area contributed by atoms with Crippen LogP contribution in [0.5, 0.6) is 0 Å². The normalized spacial score (nSPS) is 30.6. The van der Waals surface area contributed by atoms with Crippen molar-refractivity contribution in [3.63, 3.8) is 0 Å². The molecule has 21 heavy (non-hydrogen) atoms. The average molecular weight is 291 g/mol. The van der Waals surface area contributed by atoms with Gasteiger partial charge in [0.1, 0.15) is 5.67 Å². The lowest BCUT2D eigenvalue weighted by Gasteiger charge is -2.48. The third-order valence-corrected chi connectivity index (χ3v) is 4.45. The summed E-state index contributed by atoms with van der Waals surface area (Å²) in [4.78, 5) is 6.58. The van der Waals surface area contributed by atoms with E-state index in [2.05, 4.69) is 16.5 Å². The third kappa shape index (κ3) is 2.89. The van der Waals surface area contributed by atoms with Gasteiger partial charge in [-0.05, 0) is 37.7 Å². The van der Waals surface area contributed by atoms with E-state index in [0.29, 0.717) is 18.5 Å². The van der Waals surface area contributed by atoms with Crippen LogP contribution in [0.2, 0.25) is 0 Å². The van der Waals surface area contributed by atoms with Gasteiger partial charge >= 0.3 is 0 Å². The minimum Gasteiger partial charge on any atom is -0.395 e. The van der Waals surface area contributed by atoms with E-state index in [1.54, 1.807) is 19.2 Å². The van der Waals surface area contributed by atoms with Crippen LogP contribution in [0.15, 0.2) is 18.8 Å². The molecule has 3 rings (SSSR count). The quantitative estimate of drug-likeness (QED) is 0.893. The first kappa shape index (κ1) is 15.8. The minimum absolute atomic E-state index is 0.141. The Bertz CT molecular complexity index is 517. The maximum atomic E-state index is 13.8. The van der Waals surface area contributed by atoms with Crippen LogP contribution in [0.4, 0.5) is 15.9 Å². The van der Waals surface area contributed by atoms with Crippen LogP contribution in [-0.4, -0.2) is 23.7 Å². The van der Waals surface area contributed by atoms with Gasteiger partial charge in [0.05, 0.1) is 5.69 Å². The van der Waals surface area contributed by atoms with E-state index in [0.717, 1.165) is 30.9 Å². The molecule has 1 aromatic heterocycles. The van der Waals surface area contributed by atoms with Crippen LogP contribution in [0.1, 0.15) is 45.6 Å². The van der Waals surface area contributed by atoms with Crippen LogP contribution >= 0.6 is 0 Å². The molecule has 0 aromatic carbocycles. The molecule has 2 fully saturated rings. The van der Waals surface area contributed by atoms with Crippen molar-refractivity contribution < 1.29 is 4.39 Å². The Labute approximate surface area is 127 Å². The van der Waals surface area contributed by atoms with Crippen molar-refractivity contribution in [2.24, 2.45) is 5.41 Å². The monoisotopic (exact) mass is 291 g/mol. The SMILES string of the molecule is C=Cc1ccnc(N2CCC3(C2)CC(C)(F)C3)c1N.CC. The van der Waals surface area contributed by atoms with Crippen molar-refractivity contribution in [2.45, 2.75) is 45.7 Å². The van der Waals surface area contributed by atoms with Crippen LogP contribution in [0.3, 0.4) is 0 Å². The predicted molar refractivity (Wildman–Crippen MR) is 88.1 cm³/mol. The lowest BCUT2D eigenvalue weighted by atomic mass is 9.60.